The van der Waals surface area contributed by atoms with Gasteiger partial charge in [0.05, 0.1) is 25.1 Å². The number of hydrogen-bond donors (Lipinski definition) is 2. The molecule has 0 unspecified atom stereocenters. The predicted molar refractivity (Wildman–Crippen MR) is 117 cm³/mol. The van der Waals surface area contributed by atoms with Gasteiger partial charge in [-0.3, -0.25) is 15.0 Å². The molecule has 3 N–H and O–H groups in total. The number of nitrogens with zero attached hydrogens (tertiary/aromatic N) is 3. The second kappa shape index (κ2) is 10.7. The van der Waals surface area contributed by atoms with E-state index in [1.807, 2.05) is 24.3 Å². The number of aromatic nitrogens is 2. The van der Waals surface area contributed by atoms with Gasteiger partial charge >= 0.3 is 5.97 Å². The Morgan fingerprint density at radius 1 is 1.23 bits per heavy atom. The van der Waals surface area contributed by atoms with Crippen molar-refractivity contribution in [1.29, 1.82) is 5.41 Å². The monoisotopic (exact) mass is 447 g/mol. The molecule has 1 aliphatic heterocycles. The number of methoxy groups -OCH3 is 1. The van der Waals surface area contributed by atoms with E-state index in [1.165, 1.54) is 26.4 Å². The number of carbonyl (C=O) groups is 2. The molecule has 2 heterocycles. The van der Waals surface area contributed by atoms with Crippen molar-refractivity contribution in [1.82, 2.24) is 14.9 Å². The molecular weight excluding hydrogens is 422 g/mol. The maximum absolute atomic E-state index is 12.0. The summed E-state index contributed by atoms with van der Waals surface area (Å²) in [4.78, 5) is 33.7. The molecule has 0 radical (unpaired) electrons. The van der Waals surface area contributed by atoms with Gasteiger partial charge in [-0.25, -0.2) is 9.97 Å². The van der Waals surface area contributed by atoms with E-state index >= 15 is 0 Å². The summed E-state index contributed by atoms with van der Waals surface area (Å²) in [6.07, 6.45) is 4.02. The zero-order valence-electron chi connectivity index (χ0n) is 17.4. The van der Waals surface area contributed by atoms with Crippen LogP contribution in [-0.2, 0) is 14.3 Å². The first kappa shape index (κ1) is 24.1. The van der Waals surface area contributed by atoms with Gasteiger partial charge in [-0.15, -0.1) is 12.4 Å². The summed E-state index contributed by atoms with van der Waals surface area (Å²) in [5.74, 6) is 0.893. The maximum atomic E-state index is 12.0. The molecule has 1 saturated heterocycles. The Kier molecular flexibility index (Phi) is 8.32. The van der Waals surface area contributed by atoms with Gasteiger partial charge in [0.25, 0.3) is 0 Å². The molecule has 2 atom stereocenters. The lowest BCUT2D eigenvalue weighted by atomic mass is 10.0. The third-order valence-electron chi connectivity index (χ3n) is 5.11. The van der Waals surface area contributed by atoms with Crippen molar-refractivity contribution in [2.75, 3.05) is 20.3 Å². The number of esters is 1. The van der Waals surface area contributed by atoms with E-state index in [4.69, 9.17) is 20.6 Å². The van der Waals surface area contributed by atoms with Gasteiger partial charge in [0.15, 0.2) is 5.82 Å². The second-order valence-corrected chi connectivity index (χ2v) is 7.25. The Balaban J connectivity index is 0.00000341. The molecule has 0 saturated carbocycles. The van der Waals surface area contributed by atoms with Crippen LogP contribution in [0.4, 0.5) is 0 Å². The van der Waals surface area contributed by atoms with Crippen LogP contribution >= 0.6 is 12.4 Å². The van der Waals surface area contributed by atoms with Crippen LogP contribution in [0.3, 0.4) is 0 Å². The first-order valence-corrected chi connectivity index (χ1v) is 9.61. The second-order valence-electron chi connectivity index (χ2n) is 7.25. The minimum Gasteiger partial charge on any atom is -0.491 e. The minimum absolute atomic E-state index is 0. The normalized spacial score (nSPS) is 17.5. The molecule has 0 aliphatic carbocycles. The van der Waals surface area contributed by atoms with Gasteiger partial charge in [-0.1, -0.05) is 0 Å². The highest BCUT2D eigenvalue weighted by molar-refractivity contribution is 5.94. The summed E-state index contributed by atoms with van der Waals surface area (Å²) >= 11 is 0. The van der Waals surface area contributed by atoms with E-state index in [1.54, 1.807) is 4.90 Å². The Labute approximate surface area is 186 Å². The lowest BCUT2D eigenvalue weighted by Gasteiger charge is -2.23. The van der Waals surface area contributed by atoms with Gasteiger partial charge in [-0.2, -0.15) is 0 Å². The van der Waals surface area contributed by atoms with Gasteiger partial charge in [-0.05, 0) is 36.6 Å². The molecule has 3 rings (SSSR count). The number of ether oxygens (including phenoxy) is 2. The molecule has 1 amide bonds. The fourth-order valence-corrected chi connectivity index (χ4v) is 3.53. The summed E-state index contributed by atoms with van der Waals surface area (Å²) < 4.78 is 10.6. The standard InChI is InChI=1S/C21H25N5O4.ClH/c1-13(27)26-11-14(8-19(28)29-2)7-17(26)12-30-18-5-3-15(4-6-18)21-24-9-16(10-25-21)20(22)23;/h3-6,9-10,14,17H,7-8,11-12H2,1-2H3,(H3,22,23);1H/t14-,17-;/m0./s1. The van der Waals surface area contributed by atoms with Crippen molar-refractivity contribution in [3.8, 4) is 17.1 Å². The lowest BCUT2D eigenvalue weighted by molar-refractivity contribution is -0.142. The molecular formula is C21H26ClN5O4. The first-order chi connectivity index (χ1) is 14.4. The number of carbonyl (C=O) groups excluding carboxylic acids is 2. The highest BCUT2D eigenvalue weighted by Crippen LogP contribution is 2.27. The summed E-state index contributed by atoms with van der Waals surface area (Å²) in [7, 11) is 1.37. The quantitative estimate of drug-likeness (QED) is 0.377. The summed E-state index contributed by atoms with van der Waals surface area (Å²) in [6.45, 7) is 2.41. The zero-order chi connectivity index (χ0) is 21.7. The molecule has 1 aromatic heterocycles. The third kappa shape index (κ3) is 6.14. The number of nitrogens with two attached hydrogens (primary N) is 1. The number of hydrogen-bond acceptors (Lipinski definition) is 7. The molecule has 10 heteroatoms. The average Bonchev–Trinajstić information content (AvgIpc) is 3.15. The van der Waals surface area contributed by atoms with Crippen LogP contribution in [0.5, 0.6) is 5.75 Å². The van der Waals surface area contributed by atoms with E-state index < -0.39 is 0 Å². The van der Waals surface area contributed by atoms with Gasteiger partial charge in [0, 0.05) is 31.4 Å². The smallest absolute Gasteiger partial charge is 0.305 e. The zero-order valence-corrected chi connectivity index (χ0v) is 18.2. The van der Waals surface area contributed by atoms with Crippen molar-refractivity contribution < 1.29 is 19.1 Å². The molecule has 0 bridgehead atoms. The minimum atomic E-state index is -0.265. The van der Waals surface area contributed by atoms with Gasteiger partial charge in [0.2, 0.25) is 5.91 Å². The van der Waals surface area contributed by atoms with Crippen molar-refractivity contribution in [3.05, 3.63) is 42.2 Å². The summed E-state index contributed by atoms with van der Waals surface area (Å²) in [6, 6.07) is 7.23. The number of halogens is 1. The lowest BCUT2D eigenvalue weighted by Crippen LogP contribution is -2.37. The SMILES string of the molecule is COC(=O)C[C@@H]1C[C@@H](COc2ccc(-c3ncc(C(=N)N)cn3)cc2)N(C(C)=O)C1.Cl. The number of nitrogens with one attached hydrogen (secondary N) is 1. The van der Waals surface area contributed by atoms with Crippen molar-refractivity contribution in [2.24, 2.45) is 11.7 Å². The van der Waals surface area contributed by atoms with Gasteiger partial charge in [0.1, 0.15) is 18.2 Å². The fourth-order valence-electron chi connectivity index (χ4n) is 3.53. The molecule has 1 aliphatic rings. The van der Waals surface area contributed by atoms with Gasteiger partial charge < -0.3 is 20.1 Å². The Bertz CT molecular complexity index is 920. The number of amidine groups is 1. The Morgan fingerprint density at radius 3 is 2.42 bits per heavy atom. The van der Waals surface area contributed by atoms with Crippen molar-refractivity contribution >= 4 is 30.1 Å². The van der Waals surface area contributed by atoms with E-state index in [-0.39, 0.29) is 42.1 Å². The number of rotatable bonds is 7. The first-order valence-electron chi connectivity index (χ1n) is 9.61. The highest BCUT2D eigenvalue weighted by Gasteiger charge is 2.35. The van der Waals surface area contributed by atoms with Crippen LogP contribution in [0.2, 0.25) is 0 Å². The molecule has 9 nitrogen and oxygen atoms in total. The van der Waals surface area contributed by atoms with Crippen LogP contribution in [0.15, 0.2) is 36.7 Å². The van der Waals surface area contributed by atoms with Crippen molar-refractivity contribution in [2.45, 2.75) is 25.8 Å². The molecule has 31 heavy (non-hydrogen) atoms. The fraction of sp³-hybridized carbons (Fsp3) is 0.381. The number of benzene rings is 1. The third-order valence-corrected chi connectivity index (χ3v) is 5.11. The van der Waals surface area contributed by atoms with Crippen molar-refractivity contribution in [3.63, 3.8) is 0 Å². The molecule has 166 valence electrons. The van der Waals surface area contributed by atoms with Crippen LogP contribution in [0.1, 0.15) is 25.3 Å². The van der Waals surface area contributed by atoms with E-state index in [2.05, 4.69) is 9.97 Å². The Hall–Kier alpha value is -3.20. The number of nitrogen functional groups attached to an aromatic ring is 1. The molecule has 0 spiro atoms. The predicted octanol–water partition coefficient (Wildman–Crippen LogP) is 2.03. The van der Waals surface area contributed by atoms with Crippen LogP contribution in [0.25, 0.3) is 11.4 Å². The topological polar surface area (TPSA) is 131 Å². The summed E-state index contributed by atoms with van der Waals surface area (Å²) in [5, 5.41) is 7.39. The van der Waals surface area contributed by atoms with Crippen LogP contribution < -0.4 is 10.5 Å². The average molecular weight is 448 g/mol. The largest absolute Gasteiger partial charge is 0.491 e. The highest BCUT2D eigenvalue weighted by atomic mass is 35.5. The van der Waals surface area contributed by atoms with E-state index in [0.717, 1.165) is 5.56 Å². The van der Waals surface area contributed by atoms with E-state index in [0.29, 0.717) is 43.1 Å². The molecule has 1 fully saturated rings. The molecule has 1 aromatic carbocycles. The van der Waals surface area contributed by atoms with Crippen LogP contribution in [-0.4, -0.2) is 58.9 Å². The number of amides is 1. The number of likely N-dealkylation sites (tertiary alicyclic amines) is 1. The summed E-state index contributed by atoms with van der Waals surface area (Å²) in [5.41, 5.74) is 6.69. The Morgan fingerprint density at radius 2 is 1.87 bits per heavy atom. The maximum Gasteiger partial charge on any atom is 0.305 e. The van der Waals surface area contributed by atoms with E-state index in [9.17, 15) is 9.59 Å². The van der Waals surface area contributed by atoms with Crippen LogP contribution in [0, 0.1) is 11.3 Å². The molecule has 2 aromatic rings.